The van der Waals surface area contributed by atoms with Crippen LogP contribution < -0.4 is 10.2 Å². The summed E-state index contributed by atoms with van der Waals surface area (Å²) in [6.45, 7) is 0. The quantitative estimate of drug-likeness (QED) is 0.557. The minimum atomic E-state index is -0.511. The van der Waals surface area contributed by atoms with Gasteiger partial charge >= 0.3 is 0 Å². The summed E-state index contributed by atoms with van der Waals surface area (Å²) in [6, 6.07) is 20.6. The van der Waals surface area contributed by atoms with Crippen molar-refractivity contribution in [3.63, 3.8) is 0 Å². The number of carbonyl (C=O) groups excluding carboxylic acids is 2. The van der Waals surface area contributed by atoms with Gasteiger partial charge in [0.2, 0.25) is 0 Å². The minimum Gasteiger partial charge on any atom is -0.508 e. The van der Waals surface area contributed by atoms with Crippen molar-refractivity contribution in [2.75, 3.05) is 10.2 Å². The van der Waals surface area contributed by atoms with Crippen molar-refractivity contribution >= 4 is 57.4 Å². The maximum Gasteiger partial charge on any atom is 0.276 e. The highest BCUT2D eigenvalue weighted by Crippen LogP contribution is 2.42. The lowest BCUT2D eigenvalue weighted by atomic mass is 10.1. The zero-order valence-corrected chi connectivity index (χ0v) is 18.0. The number of amides is 2. The number of thioether (sulfide) groups is 1. The number of phenolic OH excluding ortho intramolecular Hbond substituents is 1. The Morgan fingerprint density at radius 2 is 1.72 bits per heavy atom. The molecule has 2 heterocycles. The first-order valence-corrected chi connectivity index (χ1v) is 10.9. The molecule has 1 fully saturated rings. The number of rotatable bonds is 3. The summed E-state index contributed by atoms with van der Waals surface area (Å²) in [5, 5.41) is 21.1. The second kappa shape index (κ2) is 8.14. The number of benzene rings is 3. The third kappa shape index (κ3) is 3.63. The first-order chi connectivity index (χ1) is 15.5. The highest BCUT2D eigenvalue weighted by atomic mass is 35.5. The zero-order chi connectivity index (χ0) is 22.2. The van der Waals surface area contributed by atoms with Gasteiger partial charge in [0.05, 0.1) is 11.4 Å². The second-order valence-corrected chi connectivity index (χ2v) is 8.58. The molecule has 3 aromatic rings. The highest BCUT2D eigenvalue weighted by Gasteiger charge is 2.40. The smallest absolute Gasteiger partial charge is 0.276 e. The largest absolute Gasteiger partial charge is 0.508 e. The van der Waals surface area contributed by atoms with E-state index in [2.05, 4.69) is 15.5 Å². The van der Waals surface area contributed by atoms with E-state index in [0.717, 1.165) is 5.56 Å². The molecule has 158 valence electrons. The summed E-state index contributed by atoms with van der Waals surface area (Å²) >= 11 is 7.33. The average molecular weight is 463 g/mol. The zero-order valence-electron chi connectivity index (χ0n) is 16.4. The van der Waals surface area contributed by atoms with Crippen molar-refractivity contribution in [3.05, 3.63) is 88.9 Å². The van der Waals surface area contributed by atoms with Crippen LogP contribution >= 0.6 is 23.4 Å². The lowest BCUT2D eigenvalue weighted by Crippen LogP contribution is -2.30. The maximum absolute atomic E-state index is 13.3. The molecular weight excluding hydrogens is 448 g/mol. The molecule has 7 nitrogen and oxygen atoms in total. The topological polar surface area (TPSA) is 94.4 Å². The first-order valence-electron chi connectivity index (χ1n) is 9.63. The first kappa shape index (κ1) is 20.3. The molecule has 2 amide bonds. The lowest BCUT2D eigenvalue weighted by Gasteiger charge is -2.16. The van der Waals surface area contributed by atoms with Crippen LogP contribution in [0.5, 0.6) is 5.75 Å². The third-order valence-electron chi connectivity index (χ3n) is 5.01. The number of amidine groups is 1. The van der Waals surface area contributed by atoms with Gasteiger partial charge < -0.3 is 10.4 Å². The summed E-state index contributed by atoms with van der Waals surface area (Å²) in [7, 11) is 0. The number of fused-ring (bicyclic) bond motifs is 1. The lowest BCUT2D eigenvalue weighted by molar-refractivity contribution is -0.117. The Morgan fingerprint density at radius 3 is 2.47 bits per heavy atom. The van der Waals surface area contributed by atoms with Crippen molar-refractivity contribution in [1.29, 1.82) is 0 Å². The van der Waals surface area contributed by atoms with Gasteiger partial charge in [-0.1, -0.05) is 53.7 Å². The van der Waals surface area contributed by atoms with E-state index < -0.39 is 11.2 Å². The molecule has 32 heavy (non-hydrogen) atoms. The van der Waals surface area contributed by atoms with Crippen LogP contribution in [-0.2, 0) is 9.59 Å². The summed E-state index contributed by atoms with van der Waals surface area (Å²) in [5.41, 5.74) is 2.65. The molecule has 5 rings (SSSR count). The summed E-state index contributed by atoms with van der Waals surface area (Å²) in [6.07, 6.45) is 0. The number of phenols is 1. The Balaban J connectivity index is 1.57. The standard InChI is InChI=1S/C23H15ClN4O3S/c24-14-6-11-18-17(12-14)19(21(30)25-18)26-27-23-28(15-7-9-16(29)10-8-15)22(31)20(32-23)13-4-2-1-3-5-13/h1-12,20,29H,(H,25,26,30)/b27-23+. The molecule has 1 atom stereocenters. The molecule has 1 saturated heterocycles. The Hall–Kier alpha value is -3.62. The third-order valence-corrected chi connectivity index (χ3v) is 6.42. The summed E-state index contributed by atoms with van der Waals surface area (Å²) < 4.78 is 0. The molecule has 9 heteroatoms. The van der Waals surface area contributed by atoms with E-state index >= 15 is 0 Å². The van der Waals surface area contributed by atoms with Gasteiger partial charge in [0.15, 0.2) is 10.9 Å². The van der Waals surface area contributed by atoms with Crippen LogP contribution in [-0.4, -0.2) is 27.8 Å². The Labute approximate surface area is 192 Å². The van der Waals surface area contributed by atoms with Crippen LogP contribution in [0.3, 0.4) is 0 Å². The summed E-state index contributed by atoms with van der Waals surface area (Å²) in [5.74, 6) is -0.496. The molecule has 3 aromatic carbocycles. The fraction of sp³-hybridized carbons (Fsp3) is 0.0435. The van der Waals surface area contributed by atoms with E-state index in [4.69, 9.17) is 11.6 Å². The van der Waals surface area contributed by atoms with Crippen LogP contribution in [0.4, 0.5) is 11.4 Å². The maximum atomic E-state index is 13.3. The molecular formula is C23H15ClN4O3S. The normalized spacial score (nSPS) is 20.2. The van der Waals surface area contributed by atoms with Crippen molar-refractivity contribution in [2.45, 2.75) is 5.25 Å². The molecule has 0 spiro atoms. The van der Waals surface area contributed by atoms with Crippen LogP contribution in [0.25, 0.3) is 0 Å². The molecule has 0 aliphatic carbocycles. The number of nitrogens with zero attached hydrogens (tertiary/aromatic N) is 3. The number of nitrogens with one attached hydrogen (secondary N) is 1. The molecule has 2 N–H and O–H groups in total. The molecule has 2 aliphatic heterocycles. The Bertz CT molecular complexity index is 1290. The van der Waals surface area contributed by atoms with Gasteiger partial charge in [0.25, 0.3) is 11.8 Å². The highest BCUT2D eigenvalue weighted by molar-refractivity contribution is 8.15. The molecule has 2 aliphatic rings. The van der Waals surface area contributed by atoms with Gasteiger partial charge in [-0.05, 0) is 48.0 Å². The predicted molar refractivity (Wildman–Crippen MR) is 126 cm³/mol. The number of aromatic hydroxyl groups is 1. The van der Waals surface area contributed by atoms with Gasteiger partial charge in [0.1, 0.15) is 11.0 Å². The predicted octanol–water partition coefficient (Wildman–Crippen LogP) is 4.58. The molecule has 0 aromatic heterocycles. The van der Waals surface area contributed by atoms with Crippen LogP contribution in [0, 0.1) is 0 Å². The van der Waals surface area contributed by atoms with Crippen molar-refractivity contribution in [3.8, 4) is 5.75 Å². The molecule has 0 radical (unpaired) electrons. The molecule has 0 saturated carbocycles. The van der Waals surface area contributed by atoms with Crippen LogP contribution in [0.2, 0.25) is 5.02 Å². The van der Waals surface area contributed by atoms with Gasteiger partial charge in [-0.25, -0.2) is 0 Å². The van der Waals surface area contributed by atoms with E-state index in [1.165, 1.54) is 28.8 Å². The number of hydrogen-bond acceptors (Lipinski definition) is 6. The number of halogens is 1. The van der Waals surface area contributed by atoms with Gasteiger partial charge in [-0.15, -0.1) is 10.2 Å². The van der Waals surface area contributed by atoms with Crippen molar-refractivity contribution < 1.29 is 14.7 Å². The van der Waals surface area contributed by atoms with E-state index in [0.29, 0.717) is 27.1 Å². The Morgan fingerprint density at radius 1 is 0.969 bits per heavy atom. The van der Waals surface area contributed by atoms with Crippen LogP contribution in [0.1, 0.15) is 16.4 Å². The van der Waals surface area contributed by atoms with E-state index in [9.17, 15) is 14.7 Å². The van der Waals surface area contributed by atoms with E-state index in [-0.39, 0.29) is 17.4 Å². The molecule has 1 unspecified atom stereocenters. The number of hydrogen-bond donors (Lipinski definition) is 2. The number of anilines is 2. The second-order valence-electron chi connectivity index (χ2n) is 7.07. The monoisotopic (exact) mass is 462 g/mol. The van der Waals surface area contributed by atoms with Crippen molar-refractivity contribution in [1.82, 2.24) is 0 Å². The van der Waals surface area contributed by atoms with Gasteiger partial charge in [-0.2, -0.15) is 0 Å². The van der Waals surface area contributed by atoms with E-state index in [1.54, 1.807) is 30.3 Å². The van der Waals surface area contributed by atoms with Crippen LogP contribution in [0.15, 0.2) is 83.0 Å². The van der Waals surface area contributed by atoms with Gasteiger partial charge in [0, 0.05) is 10.6 Å². The Kier molecular flexibility index (Phi) is 5.16. The van der Waals surface area contributed by atoms with Gasteiger partial charge in [-0.3, -0.25) is 14.5 Å². The number of carbonyl (C=O) groups is 2. The SMILES string of the molecule is O=C1Nc2ccc(Cl)cc2/C1=N/N=C1/SC(c2ccccc2)C(=O)N1c1ccc(O)cc1. The fourth-order valence-electron chi connectivity index (χ4n) is 3.48. The summed E-state index contributed by atoms with van der Waals surface area (Å²) in [4.78, 5) is 27.2. The minimum absolute atomic E-state index is 0.0857. The van der Waals surface area contributed by atoms with E-state index in [1.807, 2.05) is 30.3 Å². The molecule has 0 bridgehead atoms. The average Bonchev–Trinajstić information content (AvgIpc) is 3.29. The fourth-order valence-corrected chi connectivity index (χ4v) is 4.75. The van der Waals surface area contributed by atoms with Crippen molar-refractivity contribution in [2.24, 2.45) is 10.2 Å².